The van der Waals surface area contributed by atoms with E-state index >= 15 is 0 Å². The molecule has 0 aliphatic carbocycles. The fraction of sp³-hybridized carbons (Fsp3) is 0.125. The van der Waals surface area contributed by atoms with Gasteiger partial charge in [0.1, 0.15) is 11.5 Å². The van der Waals surface area contributed by atoms with E-state index in [1.54, 1.807) is 0 Å². The Morgan fingerprint density at radius 2 is 1.81 bits per heavy atom. The summed E-state index contributed by atoms with van der Waals surface area (Å²) < 4.78 is 6.36. The fourth-order valence-corrected chi connectivity index (χ4v) is 1.97. The smallest absolute Gasteiger partial charge is 0.128 e. The minimum absolute atomic E-state index is 0.390. The second-order valence-electron chi connectivity index (χ2n) is 4.18. The molecule has 0 unspecified atom stereocenters. The number of hydrogen-bond acceptors (Lipinski definition) is 4. The number of aliphatic imine (C=N–C) groups is 1. The number of rotatable bonds is 5. The Bertz CT molecular complexity index is 634. The predicted molar refractivity (Wildman–Crippen MR) is 88.2 cm³/mol. The van der Waals surface area contributed by atoms with Crippen LogP contribution in [0.4, 0.5) is 5.69 Å². The van der Waals surface area contributed by atoms with Crippen molar-refractivity contribution in [3.8, 4) is 5.75 Å². The molecule has 0 fully saturated rings. The quantitative estimate of drug-likeness (QED) is 0.494. The average molecular weight is 347 g/mol. The molecule has 0 atom stereocenters. The van der Waals surface area contributed by atoms with Crippen LogP contribution in [-0.4, -0.2) is 23.7 Å². The highest BCUT2D eigenvalue weighted by molar-refractivity contribution is 9.10. The molecule has 21 heavy (non-hydrogen) atoms. The van der Waals surface area contributed by atoms with Gasteiger partial charge >= 0.3 is 0 Å². The first-order valence-electron chi connectivity index (χ1n) is 6.48. The first kappa shape index (κ1) is 15.3. The van der Waals surface area contributed by atoms with E-state index < -0.39 is 0 Å². The number of benzene rings is 2. The molecule has 0 bridgehead atoms. The Hall–Kier alpha value is -2.14. The van der Waals surface area contributed by atoms with Gasteiger partial charge in [-0.05, 0) is 55.5 Å². The normalized spacial score (nSPS) is 11.8. The van der Waals surface area contributed by atoms with E-state index in [1.165, 1.54) is 6.21 Å². The molecular weight excluding hydrogens is 332 g/mol. The molecule has 0 aliphatic rings. The zero-order valence-corrected chi connectivity index (χ0v) is 13.1. The fourth-order valence-electron chi connectivity index (χ4n) is 1.71. The number of halogens is 1. The molecule has 108 valence electrons. The molecule has 0 aromatic heterocycles. The van der Waals surface area contributed by atoms with E-state index in [4.69, 9.17) is 9.94 Å². The van der Waals surface area contributed by atoms with Crippen LogP contribution in [0.5, 0.6) is 5.75 Å². The first-order valence-corrected chi connectivity index (χ1v) is 7.27. The van der Waals surface area contributed by atoms with Gasteiger partial charge in [-0.25, -0.2) is 0 Å². The number of hydrogen-bond donors (Lipinski definition) is 1. The van der Waals surface area contributed by atoms with Gasteiger partial charge in [-0.1, -0.05) is 21.1 Å². The summed E-state index contributed by atoms with van der Waals surface area (Å²) in [5, 5.41) is 12.4. The van der Waals surface area contributed by atoms with Gasteiger partial charge < -0.3 is 9.94 Å². The minimum atomic E-state index is 0.390. The van der Waals surface area contributed by atoms with Crippen LogP contribution in [0, 0.1) is 0 Å². The molecule has 4 nitrogen and oxygen atoms in total. The largest absolute Gasteiger partial charge is 0.494 e. The zero-order chi connectivity index (χ0) is 15.1. The Kier molecular flexibility index (Phi) is 5.51. The summed E-state index contributed by atoms with van der Waals surface area (Å²) in [6.07, 6.45) is 1.53. The van der Waals surface area contributed by atoms with E-state index in [1.807, 2.05) is 55.5 Å². The number of oxime groups is 1. The van der Waals surface area contributed by atoms with E-state index in [-0.39, 0.29) is 0 Å². The summed E-state index contributed by atoms with van der Waals surface area (Å²) in [7, 11) is 0. The van der Waals surface area contributed by atoms with Crippen molar-refractivity contribution in [1.29, 1.82) is 0 Å². The standard InChI is InChI=1S/C16H15BrN2O2/c1-2-21-15-9-3-12(4-10-15)16(19-20)11-18-14-7-5-13(17)6-8-14/h3-11,20H,2H2,1H3. The molecule has 1 N–H and O–H groups in total. The third kappa shape index (κ3) is 4.43. The van der Waals surface area contributed by atoms with Crippen LogP contribution in [-0.2, 0) is 0 Å². The maximum atomic E-state index is 9.13. The van der Waals surface area contributed by atoms with Crippen LogP contribution in [0.3, 0.4) is 0 Å². The Morgan fingerprint density at radius 3 is 2.38 bits per heavy atom. The first-order chi connectivity index (χ1) is 10.2. The summed E-state index contributed by atoms with van der Waals surface area (Å²) >= 11 is 3.37. The van der Waals surface area contributed by atoms with Gasteiger partial charge in [-0.15, -0.1) is 0 Å². The van der Waals surface area contributed by atoms with E-state index in [0.29, 0.717) is 12.3 Å². The topological polar surface area (TPSA) is 54.2 Å². The van der Waals surface area contributed by atoms with Crippen molar-refractivity contribution < 1.29 is 9.94 Å². The molecule has 0 radical (unpaired) electrons. The van der Waals surface area contributed by atoms with Crippen molar-refractivity contribution in [2.24, 2.45) is 10.1 Å². The van der Waals surface area contributed by atoms with Crippen LogP contribution in [0.25, 0.3) is 0 Å². The highest BCUT2D eigenvalue weighted by Gasteiger charge is 2.02. The minimum Gasteiger partial charge on any atom is -0.494 e. The van der Waals surface area contributed by atoms with E-state index in [0.717, 1.165) is 21.5 Å². The van der Waals surface area contributed by atoms with Crippen molar-refractivity contribution in [1.82, 2.24) is 0 Å². The van der Waals surface area contributed by atoms with Crippen LogP contribution < -0.4 is 4.74 Å². The lowest BCUT2D eigenvalue weighted by molar-refractivity contribution is 0.320. The third-order valence-electron chi connectivity index (χ3n) is 2.73. The van der Waals surface area contributed by atoms with Gasteiger partial charge in [0.15, 0.2) is 0 Å². The molecule has 0 spiro atoms. The lowest BCUT2D eigenvalue weighted by Gasteiger charge is -2.04. The molecule has 2 rings (SSSR count). The van der Waals surface area contributed by atoms with Crippen LogP contribution >= 0.6 is 15.9 Å². The van der Waals surface area contributed by atoms with Crippen molar-refractivity contribution >= 4 is 33.5 Å². The molecule has 2 aromatic rings. The van der Waals surface area contributed by atoms with E-state index in [9.17, 15) is 0 Å². The van der Waals surface area contributed by atoms with Gasteiger partial charge in [0.25, 0.3) is 0 Å². The lowest BCUT2D eigenvalue weighted by Crippen LogP contribution is -2.02. The van der Waals surface area contributed by atoms with Crippen molar-refractivity contribution in [3.63, 3.8) is 0 Å². The lowest BCUT2D eigenvalue weighted by atomic mass is 10.1. The molecular formula is C16H15BrN2O2. The zero-order valence-electron chi connectivity index (χ0n) is 11.5. The Morgan fingerprint density at radius 1 is 1.14 bits per heavy atom. The van der Waals surface area contributed by atoms with Crippen molar-refractivity contribution in [3.05, 3.63) is 58.6 Å². The van der Waals surface area contributed by atoms with E-state index in [2.05, 4.69) is 26.1 Å². The van der Waals surface area contributed by atoms with Gasteiger partial charge in [0.2, 0.25) is 0 Å². The second kappa shape index (κ2) is 7.59. The highest BCUT2D eigenvalue weighted by Crippen LogP contribution is 2.17. The van der Waals surface area contributed by atoms with Gasteiger partial charge in [-0.3, -0.25) is 4.99 Å². The number of ether oxygens (including phenoxy) is 1. The molecule has 0 aliphatic heterocycles. The molecule has 5 heteroatoms. The maximum Gasteiger partial charge on any atom is 0.128 e. The molecule has 0 heterocycles. The molecule has 2 aromatic carbocycles. The Labute approximate surface area is 131 Å². The second-order valence-corrected chi connectivity index (χ2v) is 5.09. The third-order valence-corrected chi connectivity index (χ3v) is 3.26. The van der Waals surface area contributed by atoms with Gasteiger partial charge in [0, 0.05) is 10.0 Å². The monoisotopic (exact) mass is 346 g/mol. The average Bonchev–Trinajstić information content (AvgIpc) is 2.51. The van der Waals surface area contributed by atoms with Crippen molar-refractivity contribution in [2.75, 3.05) is 6.61 Å². The maximum absolute atomic E-state index is 9.13. The van der Waals surface area contributed by atoms with Crippen LogP contribution in [0.1, 0.15) is 12.5 Å². The van der Waals surface area contributed by atoms with Crippen LogP contribution in [0.15, 0.2) is 63.2 Å². The molecule has 0 amide bonds. The predicted octanol–water partition coefficient (Wildman–Crippen LogP) is 4.43. The van der Waals surface area contributed by atoms with Crippen molar-refractivity contribution in [2.45, 2.75) is 6.92 Å². The summed E-state index contributed by atoms with van der Waals surface area (Å²) in [5.41, 5.74) is 1.94. The summed E-state index contributed by atoms with van der Waals surface area (Å²) in [6, 6.07) is 14.9. The number of nitrogens with zero attached hydrogens (tertiary/aromatic N) is 2. The van der Waals surface area contributed by atoms with Gasteiger partial charge in [0.05, 0.1) is 18.5 Å². The Balaban J connectivity index is 2.14. The molecule has 0 saturated carbocycles. The van der Waals surface area contributed by atoms with Gasteiger partial charge in [-0.2, -0.15) is 0 Å². The highest BCUT2D eigenvalue weighted by atomic mass is 79.9. The summed E-state index contributed by atoms with van der Waals surface area (Å²) in [4.78, 5) is 4.29. The summed E-state index contributed by atoms with van der Waals surface area (Å²) in [6.45, 7) is 2.55. The molecule has 0 saturated heterocycles. The summed E-state index contributed by atoms with van der Waals surface area (Å²) in [5.74, 6) is 0.781. The SMILES string of the molecule is CCOc1ccc(C(C=Nc2ccc(Br)cc2)=NO)cc1. The van der Waals surface area contributed by atoms with Crippen LogP contribution in [0.2, 0.25) is 0 Å².